The molecule has 21 heavy (non-hydrogen) atoms. The van der Waals surface area contributed by atoms with Crippen LogP contribution in [0.5, 0.6) is 0 Å². The number of ether oxygens (including phenoxy) is 1. The smallest absolute Gasteiger partial charge is 0.308 e. The Bertz CT molecular complexity index is 568. The summed E-state index contributed by atoms with van der Waals surface area (Å²) in [6.07, 6.45) is 1.14. The molecule has 0 N–H and O–H groups in total. The Hall–Kier alpha value is -2.18. The Morgan fingerprint density at radius 2 is 2.05 bits per heavy atom. The number of methoxy groups -OCH3 is 1. The summed E-state index contributed by atoms with van der Waals surface area (Å²) in [5, 5.41) is 11.1. The highest BCUT2D eigenvalue weighted by Crippen LogP contribution is 2.33. The summed E-state index contributed by atoms with van der Waals surface area (Å²) in [4.78, 5) is 23.8. The second-order valence-electron chi connectivity index (χ2n) is 5.13. The normalized spacial score (nSPS) is 15.9. The number of nitro groups is 1. The van der Waals surface area contributed by atoms with E-state index >= 15 is 0 Å². The Kier molecular flexibility index (Phi) is 4.40. The number of anilines is 1. The topological polar surface area (TPSA) is 72.7 Å². The average Bonchev–Trinajstić information content (AvgIpc) is 2.48. The van der Waals surface area contributed by atoms with Crippen LogP contribution >= 0.6 is 0 Å². The zero-order valence-electron chi connectivity index (χ0n) is 12.0. The molecular weight excluding hydrogens is 279 g/mol. The van der Waals surface area contributed by atoms with Gasteiger partial charge >= 0.3 is 5.97 Å². The molecule has 0 saturated carbocycles. The van der Waals surface area contributed by atoms with Crippen LogP contribution in [0.3, 0.4) is 0 Å². The van der Waals surface area contributed by atoms with Crippen molar-refractivity contribution in [3.8, 4) is 0 Å². The summed E-state index contributed by atoms with van der Waals surface area (Å²) in [5.74, 6) is -1.01. The Morgan fingerprint density at radius 3 is 2.57 bits per heavy atom. The molecule has 6 nitrogen and oxygen atoms in total. The van der Waals surface area contributed by atoms with Crippen molar-refractivity contribution < 1.29 is 18.8 Å². The van der Waals surface area contributed by atoms with Crippen molar-refractivity contribution in [2.75, 3.05) is 25.1 Å². The van der Waals surface area contributed by atoms with Crippen LogP contribution in [-0.2, 0) is 9.53 Å². The number of hydrogen-bond donors (Lipinski definition) is 0. The lowest BCUT2D eigenvalue weighted by molar-refractivity contribution is -0.384. The van der Waals surface area contributed by atoms with E-state index in [0.29, 0.717) is 37.2 Å². The van der Waals surface area contributed by atoms with Gasteiger partial charge in [-0.05, 0) is 31.4 Å². The van der Waals surface area contributed by atoms with Gasteiger partial charge in [0.05, 0.1) is 24.0 Å². The molecule has 1 aliphatic rings. The zero-order chi connectivity index (χ0) is 15.6. The van der Waals surface area contributed by atoms with Gasteiger partial charge in [0.15, 0.2) is 0 Å². The van der Waals surface area contributed by atoms with Crippen LogP contribution in [0.2, 0.25) is 0 Å². The van der Waals surface area contributed by atoms with Gasteiger partial charge in [0.25, 0.3) is 5.69 Å². The number of carbonyl (C=O) groups is 1. The van der Waals surface area contributed by atoms with Gasteiger partial charge in [0, 0.05) is 13.1 Å². The molecule has 0 aromatic heterocycles. The maximum Gasteiger partial charge on any atom is 0.308 e. The Balaban J connectivity index is 2.22. The van der Waals surface area contributed by atoms with Crippen molar-refractivity contribution in [1.82, 2.24) is 0 Å². The van der Waals surface area contributed by atoms with Gasteiger partial charge in [0.1, 0.15) is 11.5 Å². The lowest BCUT2D eigenvalue weighted by atomic mass is 9.96. The lowest BCUT2D eigenvalue weighted by Crippen LogP contribution is -2.37. The predicted octanol–water partition coefficient (Wildman–Crippen LogP) is 2.43. The molecule has 0 radical (unpaired) electrons. The largest absolute Gasteiger partial charge is 0.469 e. The molecule has 0 aliphatic carbocycles. The number of piperidine rings is 1. The molecule has 0 bridgehead atoms. The molecule has 114 valence electrons. The number of rotatable bonds is 3. The summed E-state index contributed by atoms with van der Waals surface area (Å²) >= 11 is 0. The van der Waals surface area contributed by atoms with E-state index in [0.717, 1.165) is 6.07 Å². The van der Waals surface area contributed by atoms with Crippen molar-refractivity contribution in [1.29, 1.82) is 0 Å². The molecule has 1 aliphatic heterocycles. The number of nitrogens with zero attached hydrogens (tertiary/aromatic N) is 2. The zero-order valence-corrected chi connectivity index (χ0v) is 12.0. The average molecular weight is 296 g/mol. The second kappa shape index (κ2) is 6.07. The molecule has 1 aromatic carbocycles. The van der Waals surface area contributed by atoms with Gasteiger partial charge in [-0.2, -0.15) is 0 Å². The molecule has 0 amide bonds. The van der Waals surface area contributed by atoms with Gasteiger partial charge < -0.3 is 9.64 Å². The van der Waals surface area contributed by atoms with Gasteiger partial charge in [-0.1, -0.05) is 0 Å². The second-order valence-corrected chi connectivity index (χ2v) is 5.13. The quantitative estimate of drug-likeness (QED) is 0.486. The third-order valence-corrected chi connectivity index (χ3v) is 3.82. The van der Waals surface area contributed by atoms with Crippen molar-refractivity contribution >= 4 is 17.3 Å². The third-order valence-electron chi connectivity index (χ3n) is 3.82. The van der Waals surface area contributed by atoms with Crippen LogP contribution < -0.4 is 4.90 Å². The Labute approximate surface area is 121 Å². The molecule has 1 heterocycles. The van der Waals surface area contributed by atoms with E-state index in [1.165, 1.54) is 13.2 Å². The fourth-order valence-corrected chi connectivity index (χ4v) is 2.58. The van der Waals surface area contributed by atoms with Crippen LogP contribution in [0, 0.1) is 28.8 Å². The highest BCUT2D eigenvalue weighted by molar-refractivity contribution is 5.73. The van der Waals surface area contributed by atoms with Crippen LogP contribution in [0.1, 0.15) is 18.4 Å². The number of halogens is 1. The predicted molar refractivity (Wildman–Crippen MR) is 74.7 cm³/mol. The van der Waals surface area contributed by atoms with E-state index in [1.807, 2.05) is 4.90 Å². The third kappa shape index (κ3) is 3.12. The minimum absolute atomic E-state index is 0.174. The lowest BCUT2D eigenvalue weighted by Gasteiger charge is -2.32. The van der Waals surface area contributed by atoms with E-state index in [9.17, 15) is 19.3 Å². The monoisotopic (exact) mass is 296 g/mol. The van der Waals surface area contributed by atoms with E-state index < -0.39 is 10.7 Å². The van der Waals surface area contributed by atoms with Crippen LogP contribution in [-0.4, -0.2) is 31.1 Å². The van der Waals surface area contributed by atoms with Gasteiger partial charge in [0.2, 0.25) is 0 Å². The van der Waals surface area contributed by atoms with Crippen molar-refractivity contribution in [2.24, 2.45) is 5.92 Å². The number of nitro benzene ring substituents is 1. The molecule has 0 spiro atoms. The number of aryl methyl sites for hydroxylation is 1. The van der Waals surface area contributed by atoms with Crippen molar-refractivity contribution in [3.05, 3.63) is 33.6 Å². The number of esters is 1. The molecule has 1 saturated heterocycles. The van der Waals surface area contributed by atoms with Gasteiger partial charge in [-0.25, -0.2) is 4.39 Å². The Morgan fingerprint density at radius 1 is 1.43 bits per heavy atom. The molecule has 1 fully saturated rings. The molecular formula is C14H17FN2O4. The highest BCUT2D eigenvalue weighted by Gasteiger charge is 2.29. The van der Waals surface area contributed by atoms with E-state index in [1.54, 1.807) is 6.92 Å². The van der Waals surface area contributed by atoms with E-state index in [-0.39, 0.29) is 17.6 Å². The minimum Gasteiger partial charge on any atom is -0.469 e. The first-order valence-corrected chi connectivity index (χ1v) is 6.71. The standard InChI is InChI=1S/C14H17FN2O4/c1-9-7-12(13(17(19)20)8-11(9)15)16-5-3-10(4-6-16)14(18)21-2/h7-8,10H,3-6H2,1-2H3. The van der Waals surface area contributed by atoms with Gasteiger partial charge in [-0.15, -0.1) is 0 Å². The first kappa shape index (κ1) is 15.2. The van der Waals surface area contributed by atoms with Gasteiger partial charge in [-0.3, -0.25) is 14.9 Å². The molecule has 2 rings (SSSR count). The maximum absolute atomic E-state index is 13.5. The molecule has 0 atom stereocenters. The highest BCUT2D eigenvalue weighted by atomic mass is 19.1. The molecule has 7 heteroatoms. The summed E-state index contributed by atoms with van der Waals surface area (Å²) in [7, 11) is 1.35. The van der Waals surface area contributed by atoms with Crippen LogP contribution in [0.4, 0.5) is 15.8 Å². The SMILES string of the molecule is COC(=O)C1CCN(c2cc(C)c(F)cc2[N+](=O)[O-])CC1. The first-order valence-electron chi connectivity index (χ1n) is 6.71. The van der Waals surface area contributed by atoms with Crippen molar-refractivity contribution in [2.45, 2.75) is 19.8 Å². The number of benzene rings is 1. The number of carbonyl (C=O) groups excluding carboxylic acids is 1. The number of hydrogen-bond acceptors (Lipinski definition) is 5. The minimum atomic E-state index is -0.588. The molecule has 0 unspecified atom stereocenters. The summed E-state index contributed by atoms with van der Waals surface area (Å²) in [6, 6.07) is 2.45. The summed E-state index contributed by atoms with van der Waals surface area (Å²) in [6.45, 7) is 2.58. The van der Waals surface area contributed by atoms with Crippen molar-refractivity contribution in [3.63, 3.8) is 0 Å². The van der Waals surface area contributed by atoms with Crippen LogP contribution in [0.25, 0.3) is 0 Å². The van der Waals surface area contributed by atoms with E-state index in [2.05, 4.69) is 0 Å². The van der Waals surface area contributed by atoms with E-state index in [4.69, 9.17) is 4.74 Å². The summed E-state index contributed by atoms with van der Waals surface area (Å²) < 4.78 is 18.2. The molecule has 1 aromatic rings. The fraction of sp³-hybridized carbons (Fsp3) is 0.500. The van der Waals surface area contributed by atoms with Crippen LogP contribution in [0.15, 0.2) is 12.1 Å². The summed E-state index contributed by atoms with van der Waals surface area (Å²) in [5.41, 5.74) is 0.530. The maximum atomic E-state index is 13.5. The fourth-order valence-electron chi connectivity index (χ4n) is 2.58. The first-order chi connectivity index (χ1) is 9.93.